The van der Waals surface area contributed by atoms with Gasteiger partial charge in [0.2, 0.25) is 0 Å². The van der Waals surface area contributed by atoms with Crippen molar-refractivity contribution in [2.24, 2.45) is 0 Å². The predicted molar refractivity (Wildman–Crippen MR) is 90.6 cm³/mol. The highest BCUT2D eigenvalue weighted by molar-refractivity contribution is 7.15. The molecule has 23 heavy (non-hydrogen) atoms. The summed E-state index contributed by atoms with van der Waals surface area (Å²) in [5.41, 5.74) is 1.16. The maximum Gasteiger partial charge on any atom is 0.193 e. The second-order valence-corrected chi connectivity index (χ2v) is 7.21. The molecule has 4 heterocycles. The van der Waals surface area contributed by atoms with E-state index in [4.69, 9.17) is 4.98 Å². The van der Waals surface area contributed by atoms with Crippen molar-refractivity contribution in [3.63, 3.8) is 0 Å². The average Bonchev–Trinajstić information content (AvgIpc) is 3.17. The van der Waals surface area contributed by atoms with Gasteiger partial charge in [0.05, 0.1) is 12.2 Å². The Bertz CT molecular complexity index is 772. The van der Waals surface area contributed by atoms with Crippen molar-refractivity contribution in [1.82, 2.24) is 29.0 Å². The van der Waals surface area contributed by atoms with Crippen LogP contribution in [0.4, 0.5) is 0 Å². The normalized spacial score (nSPS) is 19.7. The Morgan fingerprint density at radius 2 is 2.17 bits per heavy atom. The average molecular weight is 330 g/mol. The van der Waals surface area contributed by atoms with E-state index in [9.17, 15) is 0 Å². The number of thiazole rings is 1. The van der Waals surface area contributed by atoms with Crippen molar-refractivity contribution in [3.8, 4) is 0 Å². The lowest BCUT2D eigenvalue weighted by Crippen LogP contribution is -2.42. The van der Waals surface area contributed by atoms with Crippen LogP contribution in [0.1, 0.15) is 36.6 Å². The zero-order valence-corrected chi connectivity index (χ0v) is 14.5. The first-order valence-electron chi connectivity index (χ1n) is 8.22. The maximum absolute atomic E-state index is 4.74. The molecule has 0 bridgehead atoms. The fourth-order valence-corrected chi connectivity index (χ4v) is 4.19. The molecule has 1 fully saturated rings. The molecule has 4 rings (SSSR count). The van der Waals surface area contributed by atoms with Gasteiger partial charge < -0.3 is 0 Å². The van der Waals surface area contributed by atoms with E-state index in [0.29, 0.717) is 6.04 Å². The zero-order valence-electron chi connectivity index (χ0n) is 13.6. The van der Waals surface area contributed by atoms with E-state index < -0.39 is 0 Å². The molecule has 0 spiro atoms. The van der Waals surface area contributed by atoms with Gasteiger partial charge in [-0.25, -0.2) is 14.6 Å². The summed E-state index contributed by atoms with van der Waals surface area (Å²) in [5, 5.41) is 6.61. The van der Waals surface area contributed by atoms with Gasteiger partial charge in [0.15, 0.2) is 4.96 Å². The lowest BCUT2D eigenvalue weighted by atomic mass is 10.0. The molecule has 1 atom stereocenters. The van der Waals surface area contributed by atoms with Crippen molar-refractivity contribution in [2.45, 2.75) is 52.2 Å². The number of fused-ring (bicyclic) bond motifs is 1. The molecule has 6 nitrogen and oxygen atoms in total. The summed E-state index contributed by atoms with van der Waals surface area (Å²) in [6.45, 7) is 6.99. The molecule has 122 valence electrons. The number of hydrogen-bond acceptors (Lipinski definition) is 5. The van der Waals surface area contributed by atoms with Crippen LogP contribution < -0.4 is 0 Å². The molecule has 0 radical (unpaired) electrons. The van der Waals surface area contributed by atoms with Crippen molar-refractivity contribution < 1.29 is 0 Å². The summed E-state index contributed by atoms with van der Waals surface area (Å²) in [4.78, 5) is 12.8. The SMILES string of the molecule is Cc1nc(C)n(C[C@@H]2CCCCN2Cc2cn3ccsc3n2)n1. The van der Waals surface area contributed by atoms with E-state index in [0.717, 1.165) is 41.9 Å². The fraction of sp³-hybridized carbons (Fsp3) is 0.562. The molecule has 0 aromatic carbocycles. The zero-order chi connectivity index (χ0) is 15.8. The third kappa shape index (κ3) is 3.03. The van der Waals surface area contributed by atoms with Gasteiger partial charge in [-0.3, -0.25) is 9.30 Å². The third-order valence-electron chi connectivity index (χ3n) is 4.60. The molecule has 1 saturated heterocycles. The van der Waals surface area contributed by atoms with Crippen LogP contribution in [0.25, 0.3) is 4.96 Å². The monoisotopic (exact) mass is 330 g/mol. The summed E-state index contributed by atoms with van der Waals surface area (Å²) in [6, 6.07) is 0.517. The van der Waals surface area contributed by atoms with Gasteiger partial charge in [0.25, 0.3) is 0 Å². The molecule has 1 aliphatic rings. The van der Waals surface area contributed by atoms with Crippen LogP contribution >= 0.6 is 11.3 Å². The van der Waals surface area contributed by atoms with Crippen LogP contribution in [-0.4, -0.2) is 41.6 Å². The molecule has 1 aliphatic heterocycles. The first kappa shape index (κ1) is 14.8. The molecule has 0 unspecified atom stereocenters. The largest absolute Gasteiger partial charge is 0.297 e. The number of likely N-dealkylation sites (tertiary alicyclic amines) is 1. The standard InChI is InChI=1S/C16H22N6S/c1-12-17-13(2)22(19-12)11-15-5-3-4-6-20(15)9-14-10-21-7-8-23-16(21)18-14/h7-8,10,15H,3-6,9,11H2,1-2H3/t15-/m0/s1. The first-order valence-corrected chi connectivity index (χ1v) is 9.10. The number of rotatable bonds is 4. The van der Waals surface area contributed by atoms with Gasteiger partial charge in [0.1, 0.15) is 11.6 Å². The van der Waals surface area contributed by atoms with E-state index in [1.54, 1.807) is 11.3 Å². The van der Waals surface area contributed by atoms with Crippen LogP contribution in [0.15, 0.2) is 17.8 Å². The van der Waals surface area contributed by atoms with Gasteiger partial charge in [-0.1, -0.05) is 6.42 Å². The molecule has 3 aromatic heterocycles. The summed E-state index contributed by atoms with van der Waals surface area (Å²) in [5.74, 6) is 1.87. The van der Waals surface area contributed by atoms with Crippen molar-refractivity contribution >= 4 is 16.3 Å². The fourth-order valence-electron chi connectivity index (χ4n) is 3.47. The van der Waals surface area contributed by atoms with Gasteiger partial charge in [0, 0.05) is 30.4 Å². The Kier molecular flexibility index (Phi) is 3.90. The van der Waals surface area contributed by atoms with Crippen LogP contribution in [0.2, 0.25) is 0 Å². The van der Waals surface area contributed by atoms with Crippen LogP contribution in [0.5, 0.6) is 0 Å². The maximum atomic E-state index is 4.74. The molecule has 7 heteroatoms. The second-order valence-electron chi connectivity index (χ2n) is 6.33. The number of piperidine rings is 1. The highest BCUT2D eigenvalue weighted by Crippen LogP contribution is 2.22. The molecular formula is C16H22N6S. The Morgan fingerprint density at radius 1 is 1.26 bits per heavy atom. The lowest BCUT2D eigenvalue weighted by Gasteiger charge is -2.35. The Labute approximate surface area is 139 Å². The Hall–Kier alpha value is -1.73. The molecular weight excluding hydrogens is 308 g/mol. The highest BCUT2D eigenvalue weighted by Gasteiger charge is 2.24. The quantitative estimate of drug-likeness (QED) is 0.738. The summed E-state index contributed by atoms with van der Waals surface area (Å²) >= 11 is 1.69. The minimum atomic E-state index is 0.517. The van der Waals surface area contributed by atoms with E-state index in [2.05, 4.69) is 41.8 Å². The number of aryl methyl sites for hydroxylation is 2. The highest BCUT2D eigenvalue weighted by atomic mass is 32.1. The molecule has 0 amide bonds. The lowest BCUT2D eigenvalue weighted by molar-refractivity contribution is 0.120. The number of aromatic nitrogens is 5. The van der Waals surface area contributed by atoms with E-state index in [1.165, 1.54) is 19.3 Å². The number of imidazole rings is 1. The second kappa shape index (κ2) is 6.05. The first-order chi connectivity index (χ1) is 11.2. The number of hydrogen-bond donors (Lipinski definition) is 0. The van der Waals surface area contributed by atoms with Crippen molar-refractivity contribution in [3.05, 3.63) is 35.1 Å². The molecule has 0 aliphatic carbocycles. The summed E-state index contributed by atoms with van der Waals surface area (Å²) in [7, 11) is 0. The smallest absolute Gasteiger partial charge is 0.193 e. The van der Waals surface area contributed by atoms with E-state index in [-0.39, 0.29) is 0 Å². The van der Waals surface area contributed by atoms with Crippen molar-refractivity contribution in [1.29, 1.82) is 0 Å². The molecule has 0 saturated carbocycles. The third-order valence-corrected chi connectivity index (χ3v) is 5.37. The van der Waals surface area contributed by atoms with E-state index in [1.807, 2.05) is 13.8 Å². The predicted octanol–water partition coefficient (Wildman–Crippen LogP) is 2.66. The minimum absolute atomic E-state index is 0.517. The van der Waals surface area contributed by atoms with Gasteiger partial charge in [-0.2, -0.15) is 5.10 Å². The van der Waals surface area contributed by atoms with Crippen molar-refractivity contribution in [2.75, 3.05) is 6.54 Å². The minimum Gasteiger partial charge on any atom is -0.297 e. The van der Waals surface area contributed by atoms with Crippen LogP contribution in [-0.2, 0) is 13.1 Å². The summed E-state index contributed by atoms with van der Waals surface area (Å²) in [6.07, 6.45) is 8.02. The Morgan fingerprint density at radius 3 is 2.96 bits per heavy atom. The van der Waals surface area contributed by atoms with E-state index >= 15 is 0 Å². The van der Waals surface area contributed by atoms with Gasteiger partial charge in [-0.15, -0.1) is 11.3 Å². The summed E-state index contributed by atoms with van der Waals surface area (Å²) < 4.78 is 4.17. The topological polar surface area (TPSA) is 51.2 Å². The Balaban J connectivity index is 1.50. The van der Waals surface area contributed by atoms with Crippen LogP contribution in [0.3, 0.4) is 0 Å². The molecule has 0 N–H and O–H groups in total. The van der Waals surface area contributed by atoms with Crippen LogP contribution in [0, 0.1) is 13.8 Å². The number of nitrogens with zero attached hydrogens (tertiary/aromatic N) is 6. The molecule has 3 aromatic rings. The van der Waals surface area contributed by atoms with Gasteiger partial charge in [-0.05, 0) is 33.2 Å². The van der Waals surface area contributed by atoms with Gasteiger partial charge >= 0.3 is 0 Å².